The van der Waals surface area contributed by atoms with E-state index in [0.717, 1.165) is 21.4 Å². The van der Waals surface area contributed by atoms with Crippen molar-refractivity contribution in [3.63, 3.8) is 0 Å². The van der Waals surface area contributed by atoms with Gasteiger partial charge in [0.25, 0.3) is 0 Å². The van der Waals surface area contributed by atoms with Crippen LogP contribution in [0.3, 0.4) is 0 Å². The number of H-pyrrole nitrogens is 1. The highest BCUT2D eigenvalue weighted by Crippen LogP contribution is 2.18. The van der Waals surface area contributed by atoms with Crippen LogP contribution >= 0.6 is 15.9 Å². The highest BCUT2D eigenvalue weighted by Gasteiger charge is 2.09. The van der Waals surface area contributed by atoms with E-state index in [2.05, 4.69) is 31.1 Å². The molecule has 0 fully saturated rings. The van der Waals surface area contributed by atoms with Crippen LogP contribution in [0.5, 0.6) is 0 Å². The van der Waals surface area contributed by atoms with Crippen molar-refractivity contribution in [2.24, 2.45) is 0 Å². The van der Waals surface area contributed by atoms with E-state index in [1.54, 1.807) is 12.4 Å². The first kappa shape index (κ1) is 12.8. The van der Waals surface area contributed by atoms with E-state index in [1.807, 2.05) is 12.1 Å². The van der Waals surface area contributed by atoms with Gasteiger partial charge >= 0.3 is 5.97 Å². The van der Waals surface area contributed by atoms with Crippen molar-refractivity contribution in [3.05, 3.63) is 46.0 Å². The molecule has 0 aliphatic rings. The Bertz CT molecular complexity index is 554. The van der Waals surface area contributed by atoms with E-state index in [-0.39, 0.29) is 6.42 Å². The maximum absolute atomic E-state index is 10.6. The summed E-state index contributed by atoms with van der Waals surface area (Å²) >= 11 is 3.39. The van der Waals surface area contributed by atoms with Crippen LogP contribution in [-0.2, 0) is 17.6 Å². The quantitative estimate of drug-likeness (QED) is 0.887. The molecule has 2 aromatic rings. The third-order valence-corrected chi connectivity index (χ3v) is 3.29. The Morgan fingerprint density at radius 3 is 3.00 bits per heavy atom. The zero-order chi connectivity index (χ0) is 13.0. The second kappa shape index (κ2) is 5.77. The van der Waals surface area contributed by atoms with Crippen LogP contribution < -0.4 is 0 Å². The van der Waals surface area contributed by atoms with Gasteiger partial charge in [0.2, 0.25) is 0 Å². The standard InChI is InChI=1S/C12H12BrN3O2/c13-9-7-15-16-11(9)6-10-8(2-1-5-14-10)3-4-12(17)18/h1-2,5,7H,3-4,6H2,(H,15,16)(H,17,18). The van der Waals surface area contributed by atoms with Gasteiger partial charge in [-0.25, -0.2) is 0 Å². The van der Waals surface area contributed by atoms with Gasteiger partial charge in [-0.05, 0) is 34.0 Å². The largest absolute Gasteiger partial charge is 0.481 e. The summed E-state index contributed by atoms with van der Waals surface area (Å²) in [7, 11) is 0. The number of nitrogens with zero attached hydrogens (tertiary/aromatic N) is 2. The smallest absolute Gasteiger partial charge is 0.303 e. The SMILES string of the molecule is O=C(O)CCc1cccnc1Cc1[nH]ncc1Br. The number of hydrogen-bond acceptors (Lipinski definition) is 3. The number of rotatable bonds is 5. The Morgan fingerprint density at radius 2 is 2.33 bits per heavy atom. The van der Waals surface area contributed by atoms with Crippen LogP contribution in [0.25, 0.3) is 0 Å². The predicted molar refractivity (Wildman–Crippen MR) is 69.3 cm³/mol. The summed E-state index contributed by atoms with van der Waals surface area (Å²) in [5.41, 5.74) is 2.77. The zero-order valence-electron chi connectivity index (χ0n) is 9.56. The van der Waals surface area contributed by atoms with Gasteiger partial charge < -0.3 is 5.11 Å². The minimum Gasteiger partial charge on any atom is -0.481 e. The van der Waals surface area contributed by atoms with Gasteiger partial charge in [-0.1, -0.05) is 6.07 Å². The van der Waals surface area contributed by atoms with E-state index in [1.165, 1.54) is 0 Å². The zero-order valence-corrected chi connectivity index (χ0v) is 11.1. The molecule has 0 aliphatic carbocycles. The van der Waals surface area contributed by atoms with Gasteiger partial charge in [0.1, 0.15) is 0 Å². The minimum absolute atomic E-state index is 0.114. The molecule has 2 heterocycles. The predicted octanol–water partition coefficient (Wildman–Crippen LogP) is 2.18. The number of carbonyl (C=O) groups is 1. The molecule has 5 nitrogen and oxygen atoms in total. The highest BCUT2D eigenvalue weighted by atomic mass is 79.9. The number of pyridine rings is 1. The molecule has 0 saturated carbocycles. The van der Waals surface area contributed by atoms with Crippen LogP contribution in [0.1, 0.15) is 23.4 Å². The molecule has 0 unspecified atom stereocenters. The number of halogens is 1. The third kappa shape index (κ3) is 3.16. The van der Waals surface area contributed by atoms with Crippen LogP contribution in [-0.4, -0.2) is 26.3 Å². The minimum atomic E-state index is -0.799. The highest BCUT2D eigenvalue weighted by molar-refractivity contribution is 9.10. The first-order chi connectivity index (χ1) is 8.66. The Hall–Kier alpha value is -1.69. The lowest BCUT2D eigenvalue weighted by atomic mass is 10.0. The number of aryl methyl sites for hydroxylation is 1. The molecule has 94 valence electrons. The molecule has 0 aromatic carbocycles. The second-order valence-corrected chi connectivity index (χ2v) is 4.73. The van der Waals surface area contributed by atoms with Gasteiger partial charge in [-0.2, -0.15) is 5.10 Å². The molecule has 2 rings (SSSR count). The molecule has 0 amide bonds. The Balaban J connectivity index is 2.17. The number of hydrogen-bond donors (Lipinski definition) is 2. The van der Waals surface area contributed by atoms with Crippen molar-refractivity contribution in [3.8, 4) is 0 Å². The molecule has 0 radical (unpaired) electrons. The molecule has 0 saturated heterocycles. The maximum Gasteiger partial charge on any atom is 0.303 e. The van der Waals surface area contributed by atoms with Crippen molar-refractivity contribution in [2.75, 3.05) is 0 Å². The average molecular weight is 310 g/mol. The third-order valence-electron chi connectivity index (χ3n) is 2.60. The number of aromatic amines is 1. The van der Waals surface area contributed by atoms with Crippen molar-refractivity contribution in [1.82, 2.24) is 15.2 Å². The summed E-state index contributed by atoms with van der Waals surface area (Å²) in [4.78, 5) is 14.9. The van der Waals surface area contributed by atoms with E-state index in [0.29, 0.717) is 12.8 Å². The maximum atomic E-state index is 10.6. The Morgan fingerprint density at radius 1 is 1.50 bits per heavy atom. The summed E-state index contributed by atoms with van der Waals surface area (Å²) < 4.78 is 0.900. The first-order valence-corrected chi connectivity index (χ1v) is 6.28. The van der Waals surface area contributed by atoms with Gasteiger partial charge in [0, 0.05) is 24.7 Å². The number of aromatic nitrogens is 3. The monoisotopic (exact) mass is 309 g/mol. The van der Waals surface area contributed by atoms with Crippen LogP contribution in [0, 0.1) is 0 Å². The fourth-order valence-electron chi connectivity index (χ4n) is 1.69. The lowest BCUT2D eigenvalue weighted by molar-refractivity contribution is -0.136. The van der Waals surface area contributed by atoms with Gasteiger partial charge in [-0.15, -0.1) is 0 Å². The molecule has 0 spiro atoms. The molecular formula is C12H12BrN3O2. The number of carboxylic acid groups (broad SMARTS) is 1. The average Bonchev–Trinajstić information content (AvgIpc) is 2.74. The fraction of sp³-hybridized carbons (Fsp3) is 0.250. The first-order valence-electron chi connectivity index (χ1n) is 5.49. The molecule has 18 heavy (non-hydrogen) atoms. The molecular weight excluding hydrogens is 298 g/mol. The second-order valence-electron chi connectivity index (χ2n) is 3.88. The van der Waals surface area contributed by atoms with E-state index in [9.17, 15) is 4.79 Å². The van der Waals surface area contributed by atoms with Crippen molar-refractivity contribution < 1.29 is 9.90 Å². The van der Waals surface area contributed by atoms with Crippen molar-refractivity contribution >= 4 is 21.9 Å². The Labute approximate surface area is 112 Å². The molecule has 0 aliphatic heterocycles. The summed E-state index contributed by atoms with van der Waals surface area (Å²) in [6, 6.07) is 3.73. The summed E-state index contributed by atoms with van der Waals surface area (Å²) in [5, 5.41) is 15.5. The molecule has 6 heteroatoms. The van der Waals surface area contributed by atoms with Crippen LogP contribution in [0.15, 0.2) is 29.0 Å². The van der Waals surface area contributed by atoms with E-state index < -0.39 is 5.97 Å². The topological polar surface area (TPSA) is 78.9 Å². The van der Waals surface area contributed by atoms with Crippen LogP contribution in [0.4, 0.5) is 0 Å². The van der Waals surface area contributed by atoms with Crippen molar-refractivity contribution in [1.29, 1.82) is 0 Å². The van der Waals surface area contributed by atoms with Crippen LogP contribution in [0.2, 0.25) is 0 Å². The molecule has 0 bridgehead atoms. The van der Waals surface area contributed by atoms with Gasteiger partial charge in [0.05, 0.1) is 16.4 Å². The number of carboxylic acids is 1. The van der Waals surface area contributed by atoms with Crippen molar-refractivity contribution in [2.45, 2.75) is 19.3 Å². The molecule has 0 atom stereocenters. The number of aliphatic carboxylic acids is 1. The summed E-state index contributed by atoms with van der Waals surface area (Å²) in [6.07, 6.45) is 4.61. The molecule has 2 aromatic heterocycles. The van der Waals surface area contributed by atoms with Gasteiger partial charge in [0.15, 0.2) is 0 Å². The Kier molecular flexibility index (Phi) is 4.09. The van der Waals surface area contributed by atoms with E-state index >= 15 is 0 Å². The van der Waals surface area contributed by atoms with Gasteiger partial charge in [-0.3, -0.25) is 14.9 Å². The lowest BCUT2D eigenvalue weighted by Crippen LogP contribution is -2.03. The van der Waals surface area contributed by atoms with E-state index in [4.69, 9.17) is 5.11 Å². The fourth-order valence-corrected chi connectivity index (χ4v) is 2.02. The lowest BCUT2D eigenvalue weighted by Gasteiger charge is -2.06. The normalized spacial score (nSPS) is 10.5. The summed E-state index contributed by atoms with van der Waals surface area (Å²) in [6.45, 7) is 0. The number of nitrogens with one attached hydrogen (secondary N) is 1. The molecule has 2 N–H and O–H groups in total. The summed E-state index contributed by atoms with van der Waals surface area (Å²) in [5.74, 6) is -0.799.